The van der Waals surface area contributed by atoms with Crippen LogP contribution >= 0.6 is 7.60 Å². The van der Waals surface area contributed by atoms with Gasteiger partial charge in [-0.25, -0.2) is 0 Å². The molecule has 0 spiro atoms. The van der Waals surface area contributed by atoms with Crippen molar-refractivity contribution in [1.29, 1.82) is 0 Å². The molecule has 0 aromatic heterocycles. The van der Waals surface area contributed by atoms with Gasteiger partial charge in [-0.1, -0.05) is 0 Å². The van der Waals surface area contributed by atoms with Gasteiger partial charge in [-0.15, -0.1) is 0 Å². The van der Waals surface area contributed by atoms with Crippen LogP contribution in [0.15, 0.2) is 0 Å². The predicted molar refractivity (Wildman–Crippen MR) is 54.1 cm³/mol. The van der Waals surface area contributed by atoms with Gasteiger partial charge in [0.25, 0.3) is 0 Å². The van der Waals surface area contributed by atoms with E-state index in [0.717, 1.165) is 0 Å². The highest BCUT2D eigenvalue weighted by molar-refractivity contribution is 7.51. The number of hydrogen-bond donors (Lipinski definition) is 4. The van der Waals surface area contributed by atoms with Gasteiger partial charge in [-0.05, 0) is 20.3 Å². The molecule has 0 fully saturated rings. The summed E-state index contributed by atoms with van der Waals surface area (Å²) in [6, 6.07) is 0. The first kappa shape index (κ1) is 15.1. The second kappa shape index (κ2) is 4.95. The lowest BCUT2D eigenvalue weighted by molar-refractivity contribution is -0.150. The standard InChI is InChI=1S/C8H15O7P/c1-8(2,7(11)12)3-5(6(9)10)4-16(13,14)15/h5H,3-4H2,1-2H3,(H,9,10)(H,11,12)(H2,13,14,15). The van der Waals surface area contributed by atoms with Crippen molar-refractivity contribution < 1.29 is 34.2 Å². The molecule has 0 rings (SSSR count). The first-order valence-electron chi connectivity index (χ1n) is 4.46. The molecule has 0 amide bonds. The Morgan fingerprint density at radius 3 is 1.94 bits per heavy atom. The summed E-state index contributed by atoms with van der Waals surface area (Å²) in [5.74, 6) is -3.98. The van der Waals surface area contributed by atoms with Crippen molar-refractivity contribution in [1.82, 2.24) is 0 Å². The summed E-state index contributed by atoms with van der Waals surface area (Å²) < 4.78 is 10.7. The molecule has 94 valence electrons. The zero-order valence-corrected chi connectivity index (χ0v) is 9.85. The summed E-state index contributed by atoms with van der Waals surface area (Å²) in [5.41, 5.74) is -1.34. The molecule has 0 heterocycles. The molecule has 0 saturated heterocycles. The Morgan fingerprint density at radius 2 is 1.69 bits per heavy atom. The van der Waals surface area contributed by atoms with E-state index in [2.05, 4.69) is 0 Å². The summed E-state index contributed by atoms with van der Waals surface area (Å²) in [7, 11) is -4.47. The van der Waals surface area contributed by atoms with Crippen molar-refractivity contribution in [3.63, 3.8) is 0 Å². The molecule has 8 heteroatoms. The molecule has 0 bridgehead atoms. The van der Waals surface area contributed by atoms with Crippen LogP contribution in [0.1, 0.15) is 20.3 Å². The molecule has 0 aliphatic heterocycles. The number of aliphatic carboxylic acids is 2. The number of carboxylic acids is 2. The van der Waals surface area contributed by atoms with Gasteiger partial charge in [0.1, 0.15) is 0 Å². The van der Waals surface area contributed by atoms with E-state index in [1.807, 2.05) is 0 Å². The molecular weight excluding hydrogens is 239 g/mol. The molecule has 0 aliphatic rings. The van der Waals surface area contributed by atoms with Crippen LogP contribution in [0.3, 0.4) is 0 Å². The van der Waals surface area contributed by atoms with Gasteiger partial charge in [-0.3, -0.25) is 14.2 Å². The van der Waals surface area contributed by atoms with Crippen molar-refractivity contribution in [2.75, 3.05) is 6.16 Å². The van der Waals surface area contributed by atoms with E-state index >= 15 is 0 Å². The van der Waals surface area contributed by atoms with Crippen LogP contribution in [-0.2, 0) is 14.2 Å². The molecule has 0 aliphatic carbocycles. The van der Waals surface area contributed by atoms with Gasteiger partial charge in [-0.2, -0.15) is 0 Å². The molecule has 16 heavy (non-hydrogen) atoms. The van der Waals surface area contributed by atoms with Crippen molar-refractivity contribution >= 4 is 19.5 Å². The second-order valence-electron chi connectivity index (χ2n) is 4.28. The van der Waals surface area contributed by atoms with E-state index in [1.54, 1.807) is 0 Å². The summed E-state index contributed by atoms with van der Waals surface area (Å²) >= 11 is 0. The predicted octanol–water partition coefficient (Wildman–Crippen LogP) is 0.366. The highest BCUT2D eigenvalue weighted by Crippen LogP contribution is 2.40. The van der Waals surface area contributed by atoms with Crippen LogP contribution in [0, 0.1) is 11.3 Å². The Kier molecular flexibility index (Phi) is 4.67. The van der Waals surface area contributed by atoms with E-state index in [9.17, 15) is 14.2 Å². The second-order valence-corrected chi connectivity index (χ2v) is 5.97. The molecule has 1 unspecified atom stereocenters. The minimum atomic E-state index is -4.47. The molecule has 4 N–H and O–H groups in total. The molecule has 0 aromatic carbocycles. The Labute approximate surface area is 92.3 Å². The van der Waals surface area contributed by atoms with Crippen LogP contribution in [-0.4, -0.2) is 38.1 Å². The normalized spacial score (nSPS) is 14.5. The minimum absolute atomic E-state index is 0.331. The van der Waals surface area contributed by atoms with Gasteiger partial charge in [0.15, 0.2) is 0 Å². The first-order chi connectivity index (χ1) is 6.96. The maximum Gasteiger partial charge on any atom is 0.326 e. The molecule has 1 atom stereocenters. The Hall–Kier alpha value is -0.910. The van der Waals surface area contributed by atoms with Crippen LogP contribution in [0.5, 0.6) is 0 Å². The zero-order chi connectivity index (χ0) is 13.1. The fourth-order valence-corrected chi connectivity index (χ4v) is 2.08. The number of carboxylic acid groups (broad SMARTS) is 2. The lowest BCUT2D eigenvalue weighted by atomic mass is 9.83. The summed E-state index contributed by atoms with van der Waals surface area (Å²) in [6.07, 6.45) is -1.18. The number of hydrogen-bond acceptors (Lipinski definition) is 3. The van der Waals surface area contributed by atoms with Gasteiger partial charge >= 0.3 is 19.5 Å². The summed E-state index contributed by atoms with van der Waals surface area (Å²) in [4.78, 5) is 38.8. The van der Waals surface area contributed by atoms with Gasteiger partial charge in [0, 0.05) is 0 Å². The fraction of sp³-hybridized carbons (Fsp3) is 0.750. The first-order valence-corrected chi connectivity index (χ1v) is 6.26. The molecule has 0 radical (unpaired) electrons. The van der Waals surface area contributed by atoms with Crippen molar-refractivity contribution in [2.45, 2.75) is 20.3 Å². The van der Waals surface area contributed by atoms with Gasteiger partial charge < -0.3 is 20.0 Å². The maximum atomic E-state index is 10.8. The third kappa shape index (κ3) is 5.25. The van der Waals surface area contributed by atoms with Crippen molar-refractivity contribution in [2.24, 2.45) is 11.3 Å². The Balaban J connectivity index is 4.78. The topological polar surface area (TPSA) is 132 Å². The monoisotopic (exact) mass is 254 g/mol. The number of rotatable bonds is 6. The quantitative estimate of drug-likeness (QED) is 0.503. The molecule has 0 aromatic rings. The Morgan fingerprint density at radius 1 is 1.25 bits per heavy atom. The molecule has 7 nitrogen and oxygen atoms in total. The smallest absolute Gasteiger partial charge is 0.326 e. The highest BCUT2D eigenvalue weighted by Gasteiger charge is 2.36. The van der Waals surface area contributed by atoms with E-state index < -0.39 is 37.0 Å². The lowest BCUT2D eigenvalue weighted by Gasteiger charge is -2.23. The summed E-state index contributed by atoms with van der Waals surface area (Å²) in [5, 5.41) is 17.5. The third-order valence-electron chi connectivity index (χ3n) is 2.14. The summed E-state index contributed by atoms with van der Waals surface area (Å²) in [6.45, 7) is 2.62. The Bertz CT molecular complexity index is 329. The van der Waals surface area contributed by atoms with Crippen molar-refractivity contribution in [3.05, 3.63) is 0 Å². The van der Waals surface area contributed by atoms with Crippen molar-refractivity contribution in [3.8, 4) is 0 Å². The fourth-order valence-electron chi connectivity index (χ4n) is 1.22. The average Bonchev–Trinajstić information content (AvgIpc) is 1.99. The van der Waals surface area contributed by atoms with Crippen LogP contribution < -0.4 is 0 Å². The van der Waals surface area contributed by atoms with Crippen LogP contribution in [0.25, 0.3) is 0 Å². The lowest BCUT2D eigenvalue weighted by Crippen LogP contribution is -2.31. The van der Waals surface area contributed by atoms with Gasteiger partial charge in [0.2, 0.25) is 0 Å². The van der Waals surface area contributed by atoms with Gasteiger partial charge in [0.05, 0.1) is 17.5 Å². The van der Waals surface area contributed by atoms with E-state index in [4.69, 9.17) is 20.0 Å². The minimum Gasteiger partial charge on any atom is -0.481 e. The zero-order valence-electron chi connectivity index (χ0n) is 8.95. The largest absolute Gasteiger partial charge is 0.481 e. The van der Waals surface area contributed by atoms with Crippen LogP contribution in [0.2, 0.25) is 0 Å². The van der Waals surface area contributed by atoms with E-state index in [1.165, 1.54) is 13.8 Å². The maximum absolute atomic E-state index is 10.8. The average molecular weight is 254 g/mol. The van der Waals surface area contributed by atoms with E-state index in [-0.39, 0.29) is 6.42 Å². The van der Waals surface area contributed by atoms with E-state index in [0.29, 0.717) is 0 Å². The highest BCUT2D eigenvalue weighted by atomic mass is 31.2. The molecular formula is C8H15O7P. The third-order valence-corrected chi connectivity index (χ3v) is 3.06. The van der Waals surface area contributed by atoms with Crippen LogP contribution in [0.4, 0.5) is 0 Å². The number of carbonyl (C=O) groups is 2. The SMILES string of the molecule is CC(C)(CC(CP(=O)(O)O)C(=O)O)C(=O)O. The molecule has 0 saturated carbocycles.